The van der Waals surface area contributed by atoms with Crippen molar-refractivity contribution in [3.63, 3.8) is 0 Å². The highest BCUT2D eigenvalue weighted by molar-refractivity contribution is 7.89. The third-order valence-electron chi connectivity index (χ3n) is 4.12. The molecule has 30 heavy (non-hydrogen) atoms. The Morgan fingerprint density at radius 1 is 1.00 bits per heavy atom. The van der Waals surface area contributed by atoms with Crippen LogP contribution in [0.25, 0.3) is 0 Å². The predicted octanol–water partition coefficient (Wildman–Crippen LogP) is 3.98. The summed E-state index contributed by atoms with van der Waals surface area (Å²) in [5.74, 6) is -0.694. The number of nitrogens with one attached hydrogen (secondary N) is 2. The molecule has 0 atom stereocenters. The first-order valence-corrected chi connectivity index (χ1v) is 10.5. The minimum absolute atomic E-state index is 0.0416. The van der Waals surface area contributed by atoms with Crippen LogP contribution in [0, 0.1) is 10.1 Å². The molecule has 0 saturated heterocycles. The largest absolute Gasteiger partial charge is 0.322 e. The zero-order chi connectivity index (χ0) is 21.7. The number of carbonyl (C=O) groups excluding carboxylic acids is 1. The van der Waals surface area contributed by atoms with Gasteiger partial charge in [-0.1, -0.05) is 48.0 Å². The van der Waals surface area contributed by atoms with E-state index in [1.165, 1.54) is 36.4 Å². The van der Waals surface area contributed by atoms with Gasteiger partial charge in [-0.15, -0.1) is 0 Å². The third kappa shape index (κ3) is 5.20. The summed E-state index contributed by atoms with van der Waals surface area (Å²) in [6.07, 6.45) is 0. The van der Waals surface area contributed by atoms with Gasteiger partial charge in [0.1, 0.15) is 0 Å². The lowest BCUT2D eigenvalue weighted by atomic mass is 10.2. The fraction of sp³-hybridized carbons (Fsp3) is 0.0500. The van der Waals surface area contributed by atoms with Gasteiger partial charge in [0.15, 0.2) is 0 Å². The summed E-state index contributed by atoms with van der Waals surface area (Å²) in [4.78, 5) is 22.8. The molecule has 0 aromatic heterocycles. The number of amides is 1. The Morgan fingerprint density at radius 2 is 1.73 bits per heavy atom. The van der Waals surface area contributed by atoms with E-state index < -0.39 is 20.9 Å². The number of halogens is 1. The van der Waals surface area contributed by atoms with Crippen LogP contribution in [0.5, 0.6) is 0 Å². The van der Waals surface area contributed by atoms with Gasteiger partial charge in [-0.25, -0.2) is 13.1 Å². The zero-order valence-electron chi connectivity index (χ0n) is 15.4. The second-order valence-electron chi connectivity index (χ2n) is 6.21. The highest BCUT2D eigenvalue weighted by Crippen LogP contribution is 2.23. The number of rotatable bonds is 7. The number of nitro groups is 1. The van der Waals surface area contributed by atoms with Gasteiger partial charge in [0.25, 0.3) is 11.6 Å². The Balaban J connectivity index is 1.81. The molecular formula is C20H16ClN3O5S. The van der Waals surface area contributed by atoms with E-state index in [1.54, 1.807) is 24.3 Å². The first-order valence-electron chi connectivity index (χ1n) is 8.65. The van der Waals surface area contributed by atoms with E-state index in [0.717, 1.165) is 11.6 Å². The van der Waals surface area contributed by atoms with Crippen molar-refractivity contribution in [1.82, 2.24) is 4.72 Å². The van der Waals surface area contributed by atoms with Crippen LogP contribution in [0.2, 0.25) is 5.02 Å². The minimum Gasteiger partial charge on any atom is -0.322 e. The van der Waals surface area contributed by atoms with Crippen molar-refractivity contribution in [3.8, 4) is 0 Å². The molecule has 10 heteroatoms. The predicted molar refractivity (Wildman–Crippen MR) is 113 cm³/mol. The van der Waals surface area contributed by atoms with Crippen LogP contribution in [0.3, 0.4) is 0 Å². The van der Waals surface area contributed by atoms with Gasteiger partial charge in [0, 0.05) is 24.4 Å². The minimum atomic E-state index is -3.90. The molecule has 8 nitrogen and oxygen atoms in total. The molecule has 0 saturated carbocycles. The molecule has 0 fully saturated rings. The number of sulfonamides is 1. The fourth-order valence-electron chi connectivity index (χ4n) is 2.60. The summed E-state index contributed by atoms with van der Waals surface area (Å²) in [7, 11) is -3.90. The van der Waals surface area contributed by atoms with Crippen molar-refractivity contribution in [2.75, 3.05) is 5.32 Å². The Morgan fingerprint density at radius 3 is 2.43 bits per heavy atom. The van der Waals surface area contributed by atoms with Crippen LogP contribution in [0.4, 0.5) is 11.4 Å². The lowest BCUT2D eigenvalue weighted by Gasteiger charge is -2.11. The number of hydrogen-bond donors (Lipinski definition) is 2. The maximum absolute atomic E-state index is 12.6. The Kier molecular flexibility index (Phi) is 6.46. The summed E-state index contributed by atoms with van der Waals surface area (Å²) in [6, 6.07) is 18.1. The molecule has 0 aliphatic rings. The zero-order valence-corrected chi connectivity index (χ0v) is 17.0. The number of non-ortho nitro benzene ring substituents is 1. The molecule has 0 bridgehead atoms. The van der Waals surface area contributed by atoms with Crippen LogP contribution < -0.4 is 10.0 Å². The number of nitrogens with zero attached hydrogens (tertiary/aromatic N) is 1. The van der Waals surface area contributed by atoms with Gasteiger partial charge in [-0.3, -0.25) is 14.9 Å². The molecule has 0 aliphatic heterocycles. The lowest BCUT2D eigenvalue weighted by Crippen LogP contribution is -2.24. The van der Waals surface area contributed by atoms with Crippen molar-refractivity contribution in [2.45, 2.75) is 11.4 Å². The summed E-state index contributed by atoms with van der Waals surface area (Å²) in [5, 5.41) is 13.4. The molecule has 2 N–H and O–H groups in total. The Bertz CT molecular complexity index is 1200. The molecular weight excluding hydrogens is 430 g/mol. The maximum Gasteiger partial charge on any atom is 0.271 e. The van der Waals surface area contributed by atoms with Crippen molar-refractivity contribution in [1.29, 1.82) is 0 Å². The second kappa shape index (κ2) is 9.04. The van der Waals surface area contributed by atoms with Crippen LogP contribution >= 0.6 is 11.6 Å². The molecule has 0 radical (unpaired) electrons. The van der Waals surface area contributed by atoms with Crippen molar-refractivity contribution in [2.24, 2.45) is 0 Å². The van der Waals surface area contributed by atoms with Crippen LogP contribution in [-0.2, 0) is 16.6 Å². The molecule has 0 spiro atoms. The van der Waals surface area contributed by atoms with Crippen LogP contribution in [0.15, 0.2) is 77.7 Å². The van der Waals surface area contributed by atoms with Gasteiger partial charge in [-0.2, -0.15) is 0 Å². The smallest absolute Gasteiger partial charge is 0.271 e. The van der Waals surface area contributed by atoms with E-state index in [4.69, 9.17) is 11.6 Å². The van der Waals surface area contributed by atoms with Crippen molar-refractivity contribution >= 4 is 38.9 Å². The first-order chi connectivity index (χ1) is 14.3. The molecule has 1 amide bonds. The maximum atomic E-state index is 12.6. The van der Waals surface area contributed by atoms with Gasteiger partial charge in [-0.05, 0) is 29.8 Å². The summed E-state index contributed by atoms with van der Waals surface area (Å²) in [5.41, 5.74) is 0.686. The van der Waals surface area contributed by atoms with E-state index in [1.807, 2.05) is 6.07 Å². The van der Waals surface area contributed by atoms with E-state index in [9.17, 15) is 23.3 Å². The number of anilines is 1. The fourth-order valence-corrected chi connectivity index (χ4v) is 3.85. The number of hydrogen-bond acceptors (Lipinski definition) is 5. The van der Waals surface area contributed by atoms with Crippen LogP contribution in [0.1, 0.15) is 15.9 Å². The molecule has 3 aromatic rings. The van der Waals surface area contributed by atoms with Crippen molar-refractivity contribution in [3.05, 3.63) is 99.1 Å². The summed E-state index contributed by atoms with van der Waals surface area (Å²) >= 11 is 6.08. The van der Waals surface area contributed by atoms with E-state index >= 15 is 0 Å². The average molecular weight is 446 g/mol. The van der Waals surface area contributed by atoms with Crippen LogP contribution in [-0.4, -0.2) is 19.2 Å². The molecule has 0 unspecified atom stereocenters. The lowest BCUT2D eigenvalue weighted by molar-refractivity contribution is -0.384. The molecule has 3 aromatic carbocycles. The van der Waals surface area contributed by atoms with Gasteiger partial charge in [0.05, 0.1) is 20.4 Å². The molecule has 0 heterocycles. The monoisotopic (exact) mass is 445 g/mol. The second-order valence-corrected chi connectivity index (χ2v) is 8.39. The highest BCUT2D eigenvalue weighted by Gasteiger charge is 2.19. The molecule has 3 rings (SSSR count). The quantitative estimate of drug-likeness (QED) is 0.421. The van der Waals surface area contributed by atoms with Crippen molar-refractivity contribution < 1.29 is 18.1 Å². The third-order valence-corrected chi connectivity index (χ3v) is 5.85. The SMILES string of the molecule is O=C(Nc1cccc([N+](=O)[O-])c1)c1cc(S(=O)(=O)NCc2ccccc2)ccc1Cl. The first kappa shape index (κ1) is 21.4. The van der Waals surface area contributed by atoms with Gasteiger partial charge in [0.2, 0.25) is 10.0 Å². The normalized spacial score (nSPS) is 11.1. The highest BCUT2D eigenvalue weighted by atomic mass is 35.5. The van der Waals surface area contributed by atoms with Gasteiger partial charge >= 0.3 is 0 Å². The molecule has 154 valence electrons. The average Bonchev–Trinajstić information content (AvgIpc) is 2.73. The summed E-state index contributed by atoms with van der Waals surface area (Å²) < 4.78 is 27.7. The molecule has 0 aliphatic carbocycles. The van der Waals surface area contributed by atoms with E-state index in [2.05, 4.69) is 10.0 Å². The van der Waals surface area contributed by atoms with E-state index in [-0.39, 0.29) is 33.4 Å². The topological polar surface area (TPSA) is 118 Å². The number of nitro benzene ring substituents is 1. The number of benzene rings is 3. The van der Waals surface area contributed by atoms with Gasteiger partial charge < -0.3 is 5.32 Å². The van der Waals surface area contributed by atoms with E-state index in [0.29, 0.717) is 0 Å². The Labute approximate surface area is 177 Å². The summed E-state index contributed by atoms with van der Waals surface area (Å²) in [6.45, 7) is 0.0843. The Hall–Kier alpha value is -3.27. The standard InChI is InChI=1S/C20H16ClN3O5S/c21-19-10-9-17(30(28,29)22-13-14-5-2-1-3-6-14)12-18(19)20(25)23-15-7-4-8-16(11-15)24(26)27/h1-12,22H,13H2,(H,23,25). The number of carbonyl (C=O) groups is 1.